The van der Waals surface area contributed by atoms with Crippen LogP contribution in [0.3, 0.4) is 0 Å². The van der Waals surface area contributed by atoms with Gasteiger partial charge in [0.05, 0.1) is 11.2 Å². The average molecular weight is 286 g/mol. The predicted octanol–water partition coefficient (Wildman–Crippen LogP) is 2.47. The van der Waals surface area contributed by atoms with E-state index in [1.54, 1.807) is 13.8 Å². The van der Waals surface area contributed by atoms with Gasteiger partial charge in [0, 0.05) is 6.42 Å². The lowest BCUT2D eigenvalue weighted by Crippen LogP contribution is -2.36. The van der Waals surface area contributed by atoms with Crippen molar-refractivity contribution in [1.82, 2.24) is 0 Å². The molecule has 4 nitrogen and oxygen atoms in total. The highest BCUT2D eigenvalue weighted by Crippen LogP contribution is 2.47. The maximum absolute atomic E-state index is 12.2. The van der Waals surface area contributed by atoms with Gasteiger partial charge in [-0.25, -0.2) is 0 Å². The van der Waals surface area contributed by atoms with Gasteiger partial charge < -0.3 is 8.92 Å². The van der Waals surface area contributed by atoms with E-state index in [-0.39, 0.29) is 12.2 Å². The summed E-state index contributed by atoms with van der Waals surface area (Å²) in [6, 6.07) is 0. The first-order valence-corrected chi connectivity index (χ1v) is 6.78. The number of halogens is 3. The Balaban J connectivity index is 2.25. The molecule has 1 fully saturated rings. The number of alkyl halides is 3. The van der Waals surface area contributed by atoms with Crippen molar-refractivity contribution >= 4 is 10.1 Å². The molecule has 0 aromatic rings. The maximum atomic E-state index is 12.2. The summed E-state index contributed by atoms with van der Waals surface area (Å²) in [5.41, 5.74) is -6.81. The fourth-order valence-corrected chi connectivity index (χ4v) is 2.89. The van der Waals surface area contributed by atoms with Crippen LogP contribution in [-0.4, -0.2) is 25.1 Å². The van der Waals surface area contributed by atoms with Gasteiger partial charge in [0.15, 0.2) is 0 Å². The van der Waals surface area contributed by atoms with Gasteiger partial charge in [-0.1, -0.05) is 0 Å². The van der Waals surface area contributed by atoms with E-state index in [1.807, 2.05) is 0 Å². The van der Waals surface area contributed by atoms with E-state index < -0.39 is 26.8 Å². The van der Waals surface area contributed by atoms with Gasteiger partial charge in [0.25, 0.3) is 0 Å². The minimum atomic E-state index is -5.59. The second kappa shape index (κ2) is 3.63. The highest BCUT2D eigenvalue weighted by Gasteiger charge is 2.52. The molecule has 2 rings (SSSR count). The molecular formula is C10H13F3O4S. The quantitative estimate of drug-likeness (QED) is 0.578. The lowest BCUT2D eigenvalue weighted by molar-refractivity contribution is -0.0797. The highest BCUT2D eigenvalue weighted by atomic mass is 32.2. The Hall–Kier alpha value is -0.760. The van der Waals surface area contributed by atoms with Crippen LogP contribution in [0.2, 0.25) is 0 Å². The van der Waals surface area contributed by atoms with E-state index in [0.29, 0.717) is 12.8 Å². The third-order valence-electron chi connectivity index (χ3n) is 3.14. The number of hydrogen-bond acceptors (Lipinski definition) is 4. The topological polar surface area (TPSA) is 52.6 Å². The Morgan fingerprint density at radius 1 is 1.33 bits per heavy atom. The first-order chi connectivity index (χ1) is 7.95. The SMILES string of the molecule is CC12C=C(OS(=O)(=O)C(F)(F)F)CC(C)(CC1)O2. The Labute approximate surface area is 103 Å². The minimum absolute atomic E-state index is 0.0257. The van der Waals surface area contributed by atoms with Crippen molar-refractivity contribution in [2.45, 2.75) is 49.8 Å². The van der Waals surface area contributed by atoms with E-state index in [2.05, 4.69) is 4.18 Å². The molecule has 104 valence electrons. The molecule has 18 heavy (non-hydrogen) atoms. The summed E-state index contributed by atoms with van der Waals surface area (Å²) in [4.78, 5) is 0. The number of fused-ring (bicyclic) bond motifs is 2. The molecule has 0 radical (unpaired) electrons. The van der Waals surface area contributed by atoms with Crippen LogP contribution in [0.25, 0.3) is 0 Å². The van der Waals surface area contributed by atoms with Crippen LogP contribution in [0.15, 0.2) is 11.8 Å². The number of rotatable bonds is 2. The summed E-state index contributed by atoms with van der Waals surface area (Å²) in [7, 11) is -5.59. The molecular weight excluding hydrogens is 273 g/mol. The second-order valence-electron chi connectivity index (χ2n) is 5.14. The fraction of sp³-hybridized carbons (Fsp3) is 0.800. The smallest absolute Gasteiger partial charge is 0.381 e. The standard InChI is InChI=1S/C10H13F3O4S/c1-8-3-4-9(2,17-8)6-7(5-8)16-18(14,15)10(11,12)13/h5H,3-4,6H2,1-2H3. The summed E-state index contributed by atoms with van der Waals surface area (Å²) >= 11 is 0. The molecule has 2 atom stereocenters. The molecule has 0 aliphatic carbocycles. The van der Waals surface area contributed by atoms with Crippen LogP contribution in [0.4, 0.5) is 13.2 Å². The zero-order chi connectivity index (χ0) is 13.8. The van der Waals surface area contributed by atoms with Gasteiger partial charge in [0.2, 0.25) is 0 Å². The maximum Gasteiger partial charge on any atom is 0.534 e. The average Bonchev–Trinajstić information content (AvgIpc) is 2.32. The van der Waals surface area contributed by atoms with Crippen molar-refractivity contribution < 1.29 is 30.5 Å². The Morgan fingerprint density at radius 3 is 2.44 bits per heavy atom. The third-order valence-corrected chi connectivity index (χ3v) is 4.14. The van der Waals surface area contributed by atoms with E-state index in [9.17, 15) is 21.6 Å². The van der Waals surface area contributed by atoms with Gasteiger partial charge in [-0.05, 0) is 32.8 Å². The molecule has 0 spiro atoms. The van der Waals surface area contributed by atoms with E-state index in [4.69, 9.17) is 4.74 Å². The van der Waals surface area contributed by atoms with Crippen molar-refractivity contribution in [2.75, 3.05) is 0 Å². The first-order valence-electron chi connectivity index (χ1n) is 5.38. The number of ether oxygens (including phenoxy) is 1. The van der Waals surface area contributed by atoms with Crippen molar-refractivity contribution in [3.8, 4) is 0 Å². The van der Waals surface area contributed by atoms with Crippen LogP contribution in [0, 0.1) is 0 Å². The molecule has 2 unspecified atom stereocenters. The number of hydrogen-bond donors (Lipinski definition) is 0. The molecule has 0 N–H and O–H groups in total. The summed E-state index contributed by atoms with van der Waals surface area (Å²) in [5.74, 6) is -0.193. The third kappa shape index (κ3) is 2.35. The Bertz CT molecular complexity index is 496. The monoisotopic (exact) mass is 286 g/mol. The zero-order valence-corrected chi connectivity index (χ0v) is 10.7. The van der Waals surface area contributed by atoms with Crippen LogP contribution >= 0.6 is 0 Å². The Morgan fingerprint density at radius 2 is 1.94 bits per heavy atom. The lowest BCUT2D eigenvalue weighted by atomic mass is 9.99. The van der Waals surface area contributed by atoms with Crippen LogP contribution in [0.5, 0.6) is 0 Å². The fourth-order valence-electron chi connectivity index (χ4n) is 2.41. The molecule has 2 aliphatic rings. The van der Waals surface area contributed by atoms with Crippen molar-refractivity contribution in [2.24, 2.45) is 0 Å². The second-order valence-corrected chi connectivity index (χ2v) is 6.67. The van der Waals surface area contributed by atoms with Crippen molar-refractivity contribution in [3.63, 3.8) is 0 Å². The van der Waals surface area contributed by atoms with Gasteiger partial charge in [0.1, 0.15) is 5.76 Å². The molecule has 0 amide bonds. The summed E-state index contributed by atoms with van der Waals surface area (Å²) in [6.07, 6.45) is 2.63. The largest absolute Gasteiger partial charge is 0.534 e. The van der Waals surface area contributed by atoms with E-state index in [0.717, 1.165) is 0 Å². The normalized spacial score (nSPS) is 36.4. The van der Waals surface area contributed by atoms with Gasteiger partial charge in [-0.15, -0.1) is 0 Å². The molecule has 2 heterocycles. The molecule has 8 heteroatoms. The summed E-state index contributed by atoms with van der Waals surface area (Å²) < 4.78 is 68.4. The summed E-state index contributed by atoms with van der Waals surface area (Å²) in [6.45, 7) is 3.43. The zero-order valence-electron chi connectivity index (χ0n) is 9.87. The van der Waals surface area contributed by atoms with Gasteiger partial charge in [-0.2, -0.15) is 21.6 Å². The minimum Gasteiger partial charge on any atom is -0.381 e. The molecule has 0 aromatic heterocycles. The van der Waals surface area contributed by atoms with Crippen molar-refractivity contribution in [1.29, 1.82) is 0 Å². The van der Waals surface area contributed by atoms with Crippen LogP contribution in [-0.2, 0) is 19.0 Å². The summed E-state index contributed by atoms with van der Waals surface area (Å²) in [5, 5.41) is 0. The molecule has 1 saturated heterocycles. The van der Waals surface area contributed by atoms with E-state index in [1.165, 1.54) is 6.08 Å². The van der Waals surface area contributed by atoms with Crippen LogP contribution in [0.1, 0.15) is 33.1 Å². The Kier molecular flexibility index (Phi) is 2.76. The highest BCUT2D eigenvalue weighted by molar-refractivity contribution is 7.87. The van der Waals surface area contributed by atoms with Crippen LogP contribution < -0.4 is 0 Å². The first kappa shape index (κ1) is 13.7. The van der Waals surface area contributed by atoms with Gasteiger partial charge >= 0.3 is 15.6 Å². The molecule has 0 saturated carbocycles. The van der Waals surface area contributed by atoms with E-state index >= 15 is 0 Å². The predicted molar refractivity (Wildman–Crippen MR) is 55.9 cm³/mol. The molecule has 2 aliphatic heterocycles. The van der Waals surface area contributed by atoms with Crippen molar-refractivity contribution in [3.05, 3.63) is 11.8 Å². The van der Waals surface area contributed by atoms with Gasteiger partial charge in [-0.3, -0.25) is 0 Å². The lowest BCUT2D eigenvalue weighted by Gasteiger charge is -2.34. The molecule has 0 aromatic carbocycles. The molecule has 2 bridgehead atoms.